The fraction of sp³-hybridized carbons (Fsp3) is 0.389. The first-order valence-corrected chi connectivity index (χ1v) is 13.0. The van der Waals surface area contributed by atoms with Crippen LogP contribution in [0, 0.1) is 5.92 Å². The van der Waals surface area contributed by atoms with E-state index in [0.29, 0.717) is 5.56 Å². The first-order chi connectivity index (χ1) is 15.3. The van der Waals surface area contributed by atoms with E-state index in [1.165, 1.54) is 29.2 Å². The van der Waals surface area contributed by atoms with Gasteiger partial charge in [-0.3, -0.25) is 9.69 Å². The lowest BCUT2D eigenvalue weighted by Crippen LogP contribution is -2.69. The molecule has 33 heavy (non-hydrogen) atoms. The number of hydrogen-bond donors (Lipinski definition) is 3. The molecular weight excluding hydrogens is 480 g/mol. The molecule has 0 aromatic heterocycles. The molecule has 13 nitrogen and oxygen atoms in total. The van der Waals surface area contributed by atoms with Gasteiger partial charge in [0.05, 0.1) is 17.2 Å². The number of carboxylic acid groups (broad SMARTS) is 1. The average molecular weight is 501 g/mol. The van der Waals surface area contributed by atoms with Crippen LogP contribution in [0.1, 0.15) is 12.0 Å². The summed E-state index contributed by atoms with van der Waals surface area (Å²) >= 11 is 0. The Balaban J connectivity index is 1.48. The van der Waals surface area contributed by atoms with E-state index in [-0.39, 0.29) is 30.2 Å². The molecule has 3 aliphatic heterocycles. The van der Waals surface area contributed by atoms with E-state index in [2.05, 4.69) is 5.32 Å². The number of amides is 3. The highest BCUT2D eigenvalue weighted by atomic mass is 32.2. The molecule has 1 aromatic carbocycles. The minimum Gasteiger partial charge on any atom is -0.476 e. The number of allylic oxidation sites excluding steroid dienone is 1. The number of rotatable bonds is 6. The molecule has 0 bridgehead atoms. The Bertz CT molecular complexity index is 1290. The fourth-order valence-electron chi connectivity index (χ4n) is 4.43. The number of likely N-dealkylation sites (tertiary alicyclic amines) is 1. The first kappa shape index (κ1) is 23.0. The number of aliphatic carboxylic acids is 1. The number of carbonyl (C=O) groups is 3. The molecule has 0 radical (unpaired) electrons. The van der Waals surface area contributed by atoms with E-state index >= 15 is 0 Å². The van der Waals surface area contributed by atoms with Gasteiger partial charge in [-0.15, -0.1) is 0 Å². The molecule has 3 atom stereocenters. The Hall–Kier alpha value is -3.17. The third-order valence-electron chi connectivity index (χ3n) is 5.73. The third-order valence-corrected chi connectivity index (χ3v) is 7.16. The van der Waals surface area contributed by atoms with Gasteiger partial charge in [-0.1, -0.05) is 12.1 Å². The largest absolute Gasteiger partial charge is 0.476 e. The Morgan fingerprint density at radius 3 is 2.39 bits per heavy atom. The van der Waals surface area contributed by atoms with E-state index in [1.807, 2.05) is 0 Å². The first-order valence-electron chi connectivity index (χ1n) is 9.63. The summed E-state index contributed by atoms with van der Waals surface area (Å²) in [5, 5.41) is 17.2. The number of β-lactam (4-membered cyclic amide) rings is 1. The van der Waals surface area contributed by atoms with Gasteiger partial charge < -0.3 is 19.5 Å². The Morgan fingerprint density at radius 1 is 1.21 bits per heavy atom. The Labute approximate surface area is 189 Å². The standard InChI is InChI=1S/C18H20N4O9S2/c1-32(27,28)31-12-6-10-8-21(15-13(10)22(16(15)23)14(12)17(24)25)18(26)20-7-9-2-4-11(5-3-9)33(19,29)30/h2-5,10,13,15H,6-8H2,1H3,(H,20,26)(H,24,25)(H2,19,29,30)/t10-,13-,15+/m1/s1. The zero-order valence-corrected chi connectivity index (χ0v) is 18.8. The number of primary sulfonamides is 1. The number of nitrogens with one attached hydrogen (secondary N) is 1. The van der Waals surface area contributed by atoms with Gasteiger partial charge in [0.15, 0.2) is 11.5 Å². The lowest BCUT2D eigenvalue weighted by molar-refractivity contribution is -0.156. The number of benzene rings is 1. The number of urea groups is 1. The van der Waals surface area contributed by atoms with Gasteiger partial charge in [-0.2, -0.15) is 8.42 Å². The van der Waals surface area contributed by atoms with Crippen LogP contribution in [0.3, 0.4) is 0 Å². The summed E-state index contributed by atoms with van der Waals surface area (Å²) in [6.07, 6.45) is 0.717. The van der Waals surface area contributed by atoms with Gasteiger partial charge in [0.2, 0.25) is 10.0 Å². The predicted molar refractivity (Wildman–Crippen MR) is 110 cm³/mol. The molecule has 178 valence electrons. The maximum Gasteiger partial charge on any atom is 0.356 e. The van der Waals surface area contributed by atoms with Gasteiger partial charge in [-0.05, 0) is 17.7 Å². The summed E-state index contributed by atoms with van der Waals surface area (Å²) in [6.45, 7) is 0.137. The van der Waals surface area contributed by atoms with Crippen molar-refractivity contribution >= 4 is 38.0 Å². The van der Waals surface area contributed by atoms with Gasteiger partial charge in [0.1, 0.15) is 6.04 Å². The Kier molecular flexibility index (Phi) is 5.37. The van der Waals surface area contributed by atoms with E-state index in [4.69, 9.17) is 9.32 Å². The van der Waals surface area contributed by atoms with E-state index in [1.54, 1.807) is 0 Å². The lowest BCUT2D eigenvalue weighted by atomic mass is 9.82. The maximum atomic E-state index is 12.8. The van der Waals surface area contributed by atoms with Crippen LogP contribution < -0.4 is 10.5 Å². The van der Waals surface area contributed by atoms with Crippen molar-refractivity contribution in [2.75, 3.05) is 12.8 Å². The van der Waals surface area contributed by atoms with Crippen molar-refractivity contribution in [2.24, 2.45) is 11.1 Å². The maximum absolute atomic E-state index is 12.8. The minimum absolute atomic E-state index is 0.0429. The highest BCUT2D eigenvalue weighted by Crippen LogP contribution is 2.47. The molecule has 3 amide bonds. The van der Waals surface area contributed by atoms with Crippen LogP contribution in [0.4, 0.5) is 4.79 Å². The molecule has 4 rings (SSSR count). The molecular formula is C18H20N4O9S2. The van der Waals surface area contributed by atoms with Gasteiger partial charge in [-0.25, -0.2) is 23.1 Å². The fourth-order valence-corrected chi connectivity index (χ4v) is 5.46. The van der Waals surface area contributed by atoms with E-state index in [9.17, 15) is 36.3 Å². The number of nitrogens with zero attached hydrogens (tertiary/aromatic N) is 2. The van der Waals surface area contributed by atoms with Crippen LogP contribution >= 0.6 is 0 Å². The molecule has 15 heteroatoms. The normalized spacial score (nSPS) is 24.3. The molecule has 3 heterocycles. The monoisotopic (exact) mass is 500 g/mol. The van der Waals surface area contributed by atoms with Crippen molar-refractivity contribution < 1.29 is 40.5 Å². The van der Waals surface area contributed by atoms with Crippen molar-refractivity contribution in [3.8, 4) is 0 Å². The van der Waals surface area contributed by atoms with Crippen LogP contribution in [-0.2, 0) is 40.5 Å². The molecule has 0 unspecified atom stereocenters. The number of nitrogens with two attached hydrogens (primary N) is 1. The molecule has 1 aromatic rings. The van der Waals surface area contributed by atoms with Crippen LogP contribution in [0.2, 0.25) is 0 Å². The topological polar surface area (TPSA) is 193 Å². The van der Waals surface area contributed by atoms with E-state index in [0.717, 1.165) is 11.2 Å². The van der Waals surface area contributed by atoms with Crippen LogP contribution in [-0.4, -0.2) is 74.5 Å². The summed E-state index contributed by atoms with van der Waals surface area (Å²) in [4.78, 5) is 39.4. The van der Waals surface area contributed by atoms with Crippen molar-refractivity contribution in [3.63, 3.8) is 0 Å². The quantitative estimate of drug-likeness (QED) is 0.315. The molecule has 2 fully saturated rings. The number of carbonyl (C=O) groups excluding carboxylic acids is 2. The van der Waals surface area contributed by atoms with E-state index < -0.39 is 61.7 Å². The molecule has 0 spiro atoms. The van der Waals surface area contributed by atoms with Gasteiger partial charge >= 0.3 is 22.1 Å². The number of sulfonamides is 1. The van der Waals surface area contributed by atoms with Crippen LogP contribution in [0.5, 0.6) is 0 Å². The predicted octanol–water partition coefficient (Wildman–Crippen LogP) is -1.27. The van der Waals surface area contributed by atoms with Crippen LogP contribution in [0.25, 0.3) is 0 Å². The van der Waals surface area contributed by atoms with Gasteiger partial charge in [0, 0.05) is 25.4 Å². The average Bonchev–Trinajstić information content (AvgIpc) is 3.06. The Morgan fingerprint density at radius 2 is 1.85 bits per heavy atom. The number of carboxylic acids is 1. The third kappa shape index (κ3) is 4.14. The summed E-state index contributed by atoms with van der Waals surface area (Å²) in [5.74, 6) is -2.87. The molecule has 2 saturated heterocycles. The molecule has 0 aliphatic carbocycles. The highest BCUT2D eigenvalue weighted by molar-refractivity contribution is 7.89. The second-order valence-electron chi connectivity index (χ2n) is 7.97. The van der Waals surface area contributed by atoms with Crippen molar-refractivity contribution in [1.82, 2.24) is 15.1 Å². The second kappa shape index (κ2) is 7.71. The zero-order valence-electron chi connectivity index (χ0n) is 17.2. The smallest absolute Gasteiger partial charge is 0.356 e. The summed E-state index contributed by atoms with van der Waals surface area (Å²) in [5.41, 5.74) is 0.0627. The van der Waals surface area contributed by atoms with Crippen molar-refractivity contribution in [3.05, 3.63) is 41.3 Å². The lowest BCUT2D eigenvalue weighted by Gasteiger charge is -2.49. The van der Waals surface area contributed by atoms with Crippen molar-refractivity contribution in [1.29, 1.82) is 0 Å². The summed E-state index contributed by atoms with van der Waals surface area (Å²) in [7, 11) is -7.86. The van der Waals surface area contributed by atoms with Gasteiger partial charge in [0.25, 0.3) is 5.91 Å². The van der Waals surface area contributed by atoms with Crippen LogP contribution in [0.15, 0.2) is 40.6 Å². The second-order valence-corrected chi connectivity index (χ2v) is 11.1. The highest BCUT2D eigenvalue weighted by Gasteiger charge is 2.64. The molecule has 3 aliphatic rings. The van der Waals surface area contributed by atoms with Crippen molar-refractivity contribution in [2.45, 2.75) is 29.9 Å². The molecule has 4 N–H and O–H groups in total. The SMILES string of the molecule is CS(=O)(=O)OC1=C(C(=O)O)N2C(=O)[C@@H]3[C@H]2[C@H](C1)CN3C(=O)NCc1ccc(S(N)(=O)=O)cc1. The minimum atomic E-state index is -4.02. The summed E-state index contributed by atoms with van der Waals surface area (Å²) in [6, 6.07) is 3.55. The summed E-state index contributed by atoms with van der Waals surface area (Å²) < 4.78 is 50.6. The number of hydrogen-bond acceptors (Lipinski definition) is 8. The molecule has 0 saturated carbocycles. The zero-order chi connectivity index (χ0) is 24.3.